The zero-order valence-corrected chi connectivity index (χ0v) is 13.3. The third kappa shape index (κ3) is 4.11. The van der Waals surface area contributed by atoms with Gasteiger partial charge in [-0.25, -0.2) is 4.99 Å². The molecule has 1 heterocycles. The third-order valence-electron chi connectivity index (χ3n) is 3.54. The number of nitrogens with two attached hydrogens (primary N) is 1. The third-order valence-corrected chi connectivity index (χ3v) is 3.54. The van der Waals surface area contributed by atoms with Crippen LogP contribution in [-0.4, -0.2) is 51.1 Å². The van der Waals surface area contributed by atoms with E-state index >= 15 is 0 Å². The minimum absolute atomic E-state index is 0.691. The van der Waals surface area contributed by atoms with Crippen LogP contribution in [0.25, 0.3) is 5.70 Å². The van der Waals surface area contributed by atoms with Crippen LogP contribution in [0, 0.1) is 0 Å². The fourth-order valence-electron chi connectivity index (χ4n) is 2.28. The molecule has 0 unspecified atom stereocenters. The lowest BCUT2D eigenvalue weighted by Crippen LogP contribution is -2.40. The highest BCUT2D eigenvalue weighted by atomic mass is 16.5. The maximum absolute atomic E-state index is 6.27. The van der Waals surface area contributed by atoms with Crippen LogP contribution in [0.1, 0.15) is 5.56 Å². The first-order chi connectivity index (χ1) is 10.6. The second kappa shape index (κ2) is 7.66. The van der Waals surface area contributed by atoms with Crippen LogP contribution in [0.4, 0.5) is 5.69 Å². The summed E-state index contributed by atoms with van der Waals surface area (Å²) in [7, 11) is 4.02. The van der Waals surface area contributed by atoms with Crippen LogP contribution in [0.3, 0.4) is 0 Å². The molecule has 0 bridgehead atoms. The predicted molar refractivity (Wildman–Crippen MR) is 93.0 cm³/mol. The van der Waals surface area contributed by atoms with Gasteiger partial charge in [-0.15, -0.1) is 0 Å². The van der Waals surface area contributed by atoms with E-state index < -0.39 is 0 Å². The summed E-state index contributed by atoms with van der Waals surface area (Å²) in [6.07, 6.45) is 3.45. The summed E-state index contributed by atoms with van der Waals surface area (Å²) in [4.78, 5) is 8.57. The molecule has 1 aliphatic rings. The molecular weight excluding hydrogens is 276 g/mol. The molecule has 0 aliphatic carbocycles. The van der Waals surface area contributed by atoms with E-state index in [1.165, 1.54) is 0 Å². The lowest BCUT2D eigenvalue weighted by molar-refractivity contribution is 0.0684. The molecular formula is C17H24N4O. The molecule has 118 valence electrons. The van der Waals surface area contributed by atoms with E-state index in [4.69, 9.17) is 10.5 Å². The second-order valence-electron chi connectivity index (χ2n) is 5.31. The van der Waals surface area contributed by atoms with Crippen molar-refractivity contribution in [3.8, 4) is 0 Å². The number of anilines is 1. The van der Waals surface area contributed by atoms with Gasteiger partial charge in [-0.05, 0) is 17.7 Å². The van der Waals surface area contributed by atoms with Gasteiger partial charge in [0.15, 0.2) is 0 Å². The van der Waals surface area contributed by atoms with Gasteiger partial charge in [-0.3, -0.25) is 0 Å². The number of aliphatic imine (C=N–C) groups is 1. The number of morpholine rings is 1. The van der Waals surface area contributed by atoms with Crippen LogP contribution in [0.2, 0.25) is 0 Å². The number of amidine groups is 1. The Balaban J connectivity index is 2.25. The van der Waals surface area contributed by atoms with Crippen molar-refractivity contribution >= 4 is 17.2 Å². The molecule has 1 aromatic carbocycles. The fraction of sp³-hybridized carbons (Fsp3) is 0.353. The lowest BCUT2D eigenvalue weighted by atomic mass is 10.1. The van der Waals surface area contributed by atoms with Gasteiger partial charge in [0.2, 0.25) is 0 Å². The summed E-state index contributed by atoms with van der Waals surface area (Å²) in [5.41, 5.74) is 9.06. The van der Waals surface area contributed by atoms with Crippen LogP contribution < -0.4 is 10.6 Å². The van der Waals surface area contributed by atoms with Crippen molar-refractivity contribution in [3.63, 3.8) is 0 Å². The molecule has 0 spiro atoms. The van der Waals surface area contributed by atoms with Crippen LogP contribution in [0.5, 0.6) is 0 Å². The zero-order chi connectivity index (χ0) is 15.9. The standard InChI is InChI=1S/C17H24N4O/c1-4-19-17(21-8-10-22-11-9-21)13-16(18)14-6-5-7-15(12-14)20(2)3/h4-7,12-13H,1,8-11,18H2,2-3H3/b16-13-,19-17?. The van der Waals surface area contributed by atoms with E-state index in [0.717, 1.165) is 30.2 Å². The van der Waals surface area contributed by atoms with Gasteiger partial charge in [0, 0.05) is 50.8 Å². The zero-order valence-electron chi connectivity index (χ0n) is 13.3. The highest BCUT2D eigenvalue weighted by Gasteiger charge is 2.14. The minimum atomic E-state index is 0.691. The molecule has 1 aliphatic heterocycles. The van der Waals surface area contributed by atoms with E-state index in [0.29, 0.717) is 18.9 Å². The number of hydrogen-bond donors (Lipinski definition) is 1. The fourth-order valence-corrected chi connectivity index (χ4v) is 2.28. The molecule has 0 amide bonds. The Kier molecular flexibility index (Phi) is 5.61. The molecule has 22 heavy (non-hydrogen) atoms. The van der Waals surface area contributed by atoms with E-state index in [9.17, 15) is 0 Å². The first-order valence-electron chi connectivity index (χ1n) is 7.38. The molecule has 0 radical (unpaired) electrons. The average molecular weight is 300 g/mol. The number of hydrogen-bond acceptors (Lipinski definition) is 4. The molecule has 2 rings (SSSR count). The summed E-state index contributed by atoms with van der Waals surface area (Å²) in [5, 5.41) is 0. The lowest BCUT2D eigenvalue weighted by Gasteiger charge is -2.28. The van der Waals surface area contributed by atoms with E-state index in [2.05, 4.69) is 33.5 Å². The van der Waals surface area contributed by atoms with Crippen LogP contribution in [0.15, 0.2) is 48.1 Å². The van der Waals surface area contributed by atoms with Gasteiger partial charge < -0.3 is 20.3 Å². The highest BCUT2D eigenvalue weighted by molar-refractivity contribution is 5.99. The largest absolute Gasteiger partial charge is 0.398 e. The first-order valence-corrected chi connectivity index (χ1v) is 7.38. The summed E-state index contributed by atoms with van der Waals surface area (Å²) in [6.45, 7) is 6.73. The Morgan fingerprint density at radius 1 is 1.36 bits per heavy atom. The van der Waals surface area contributed by atoms with Gasteiger partial charge in [-0.1, -0.05) is 18.7 Å². The quantitative estimate of drug-likeness (QED) is 0.682. The van der Waals surface area contributed by atoms with E-state index in [-0.39, 0.29) is 0 Å². The van der Waals surface area contributed by atoms with Gasteiger partial charge in [-0.2, -0.15) is 0 Å². The topological polar surface area (TPSA) is 54.1 Å². The normalized spacial score (nSPS) is 16.5. The number of rotatable bonds is 4. The monoisotopic (exact) mass is 300 g/mol. The molecule has 1 aromatic rings. The highest BCUT2D eigenvalue weighted by Crippen LogP contribution is 2.18. The molecule has 0 aromatic heterocycles. The molecule has 0 atom stereocenters. The van der Waals surface area contributed by atoms with Crippen molar-refractivity contribution in [2.24, 2.45) is 10.7 Å². The van der Waals surface area contributed by atoms with Crippen molar-refractivity contribution in [3.05, 3.63) is 48.7 Å². The van der Waals surface area contributed by atoms with Crippen molar-refractivity contribution in [2.75, 3.05) is 45.3 Å². The van der Waals surface area contributed by atoms with Crippen LogP contribution >= 0.6 is 0 Å². The Bertz CT molecular complexity index is 572. The summed E-state index contributed by atoms with van der Waals surface area (Å²) >= 11 is 0. The summed E-state index contributed by atoms with van der Waals surface area (Å²) < 4.78 is 5.38. The molecule has 1 fully saturated rings. The maximum atomic E-state index is 6.27. The second-order valence-corrected chi connectivity index (χ2v) is 5.31. The van der Waals surface area contributed by atoms with Crippen molar-refractivity contribution in [1.29, 1.82) is 0 Å². The Hall–Kier alpha value is -2.27. The minimum Gasteiger partial charge on any atom is -0.398 e. The van der Waals surface area contributed by atoms with Crippen molar-refractivity contribution in [1.82, 2.24) is 4.90 Å². The van der Waals surface area contributed by atoms with Crippen molar-refractivity contribution in [2.45, 2.75) is 0 Å². The molecule has 0 saturated carbocycles. The van der Waals surface area contributed by atoms with Gasteiger partial charge in [0.1, 0.15) is 5.84 Å². The molecule has 2 N–H and O–H groups in total. The molecule has 5 heteroatoms. The maximum Gasteiger partial charge on any atom is 0.130 e. The van der Waals surface area contributed by atoms with Crippen molar-refractivity contribution < 1.29 is 4.74 Å². The van der Waals surface area contributed by atoms with Gasteiger partial charge in [0.25, 0.3) is 0 Å². The number of nitrogens with zero attached hydrogens (tertiary/aromatic N) is 3. The summed E-state index contributed by atoms with van der Waals surface area (Å²) in [6, 6.07) is 8.13. The number of ether oxygens (including phenoxy) is 1. The van der Waals surface area contributed by atoms with Gasteiger partial charge in [0.05, 0.1) is 13.2 Å². The first kappa shape index (κ1) is 16.1. The summed E-state index contributed by atoms with van der Waals surface area (Å²) in [5.74, 6) is 0.825. The Labute approximate surface area is 132 Å². The predicted octanol–water partition coefficient (Wildman–Crippen LogP) is 1.93. The van der Waals surface area contributed by atoms with E-state index in [1.54, 1.807) is 6.20 Å². The Morgan fingerprint density at radius 2 is 2.09 bits per heavy atom. The van der Waals surface area contributed by atoms with Crippen LogP contribution in [-0.2, 0) is 4.74 Å². The average Bonchev–Trinajstić information content (AvgIpc) is 2.55. The van der Waals surface area contributed by atoms with E-state index in [1.807, 2.05) is 32.3 Å². The molecule has 5 nitrogen and oxygen atoms in total. The van der Waals surface area contributed by atoms with Gasteiger partial charge >= 0.3 is 0 Å². The SMILES string of the molecule is C=CN=C(/C=C(\N)c1cccc(N(C)C)c1)N1CCOCC1. The smallest absolute Gasteiger partial charge is 0.130 e. The Morgan fingerprint density at radius 3 is 2.73 bits per heavy atom. The molecule has 1 saturated heterocycles. The number of benzene rings is 1.